The van der Waals surface area contributed by atoms with Crippen LogP contribution >= 0.6 is 0 Å². The molecule has 0 aliphatic carbocycles. The molecule has 112 valence electrons. The van der Waals surface area contributed by atoms with Crippen molar-refractivity contribution in [3.63, 3.8) is 0 Å². The maximum atomic E-state index is 4.67. The van der Waals surface area contributed by atoms with Gasteiger partial charge in [0.25, 0.3) is 0 Å². The van der Waals surface area contributed by atoms with E-state index < -0.39 is 0 Å². The first-order chi connectivity index (χ1) is 9.63. The number of hydrogen-bond acceptors (Lipinski definition) is 5. The van der Waals surface area contributed by atoms with Crippen LogP contribution in [0.4, 0.5) is 11.6 Å². The molecule has 1 aliphatic heterocycles. The SMILES string of the molecule is CCCc1nc(NC)c(C)c(NCC2CCN(C)C2)n1. The zero-order valence-corrected chi connectivity index (χ0v) is 13.2. The first kappa shape index (κ1) is 15.0. The quantitative estimate of drug-likeness (QED) is 0.834. The number of nitrogens with zero attached hydrogens (tertiary/aromatic N) is 3. The fourth-order valence-corrected chi connectivity index (χ4v) is 2.75. The summed E-state index contributed by atoms with van der Waals surface area (Å²) >= 11 is 0. The Hall–Kier alpha value is -1.36. The van der Waals surface area contributed by atoms with Crippen molar-refractivity contribution in [2.75, 3.05) is 44.4 Å². The van der Waals surface area contributed by atoms with Crippen LogP contribution in [0.3, 0.4) is 0 Å². The third-order valence-corrected chi connectivity index (χ3v) is 3.95. The molecule has 1 aromatic heterocycles. The summed E-state index contributed by atoms with van der Waals surface area (Å²) in [6.07, 6.45) is 3.27. The molecule has 0 bridgehead atoms. The molecular formula is C15H27N5. The molecule has 2 rings (SSSR count). The number of likely N-dealkylation sites (tertiary alicyclic amines) is 1. The summed E-state index contributed by atoms with van der Waals surface area (Å²) in [5, 5.41) is 6.70. The predicted octanol–water partition coefficient (Wildman–Crippen LogP) is 2.14. The van der Waals surface area contributed by atoms with E-state index >= 15 is 0 Å². The molecule has 0 saturated carbocycles. The molecular weight excluding hydrogens is 250 g/mol. The lowest BCUT2D eigenvalue weighted by atomic mass is 10.1. The Kier molecular flexibility index (Phi) is 5.17. The van der Waals surface area contributed by atoms with Crippen LogP contribution in [0.1, 0.15) is 31.2 Å². The van der Waals surface area contributed by atoms with Gasteiger partial charge in [-0.2, -0.15) is 0 Å². The third kappa shape index (κ3) is 3.60. The van der Waals surface area contributed by atoms with E-state index in [-0.39, 0.29) is 0 Å². The lowest BCUT2D eigenvalue weighted by molar-refractivity contribution is 0.399. The van der Waals surface area contributed by atoms with Crippen molar-refractivity contribution >= 4 is 11.6 Å². The third-order valence-electron chi connectivity index (χ3n) is 3.95. The van der Waals surface area contributed by atoms with Crippen LogP contribution in [0, 0.1) is 12.8 Å². The molecule has 1 atom stereocenters. The molecule has 5 nitrogen and oxygen atoms in total. The molecule has 5 heteroatoms. The maximum Gasteiger partial charge on any atom is 0.134 e. The molecule has 1 saturated heterocycles. The van der Waals surface area contributed by atoms with E-state index in [0.29, 0.717) is 0 Å². The van der Waals surface area contributed by atoms with Crippen LogP contribution in [0.15, 0.2) is 0 Å². The van der Waals surface area contributed by atoms with Gasteiger partial charge in [-0.05, 0) is 39.3 Å². The van der Waals surface area contributed by atoms with E-state index in [1.807, 2.05) is 7.05 Å². The van der Waals surface area contributed by atoms with Gasteiger partial charge in [-0.15, -0.1) is 0 Å². The highest BCUT2D eigenvalue weighted by Gasteiger charge is 2.19. The first-order valence-electron chi connectivity index (χ1n) is 7.61. The highest BCUT2D eigenvalue weighted by atomic mass is 15.1. The summed E-state index contributed by atoms with van der Waals surface area (Å²) in [5.74, 6) is 3.58. The second kappa shape index (κ2) is 6.88. The fourth-order valence-electron chi connectivity index (χ4n) is 2.75. The van der Waals surface area contributed by atoms with Crippen LogP contribution in [0.5, 0.6) is 0 Å². The molecule has 1 aliphatic rings. The topological polar surface area (TPSA) is 53.1 Å². The van der Waals surface area contributed by atoms with E-state index in [9.17, 15) is 0 Å². The minimum absolute atomic E-state index is 0.724. The molecule has 1 unspecified atom stereocenters. The van der Waals surface area contributed by atoms with E-state index in [2.05, 4.69) is 46.4 Å². The van der Waals surface area contributed by atoms with Gasteiger partial charge in [0.2, 0.25) is 0 Å². The molecule has 0 amide bonds. The molecule has 1 aromatic rings. The second-order valence-electron chi connectivity index (χ2n) is 5.76. The Morgan fingerprint density at radius 3 is 2.65 bits per heavy atom. The van der Waals surface area contributed by atoms with Crippen molar-refractivity contribution in [1.29, 1.82) is 0 Å². The van der Waals surface area contributed by atoms with Gasteiger partial charge in [0.1, 0.15) is 17.5 Å². The van der Waals surface area contributed by atoms with Gasteiger partial charge in [-0.25, -0.2) is 9.97 Å². The van der Waals surface area contributed by atoms with Gasteiger partial charge in [-0.1, -0.05) is 6.92 Å². The number of hydrogen-bond donors (Lipinski definition) is 2. The number of nitrogens with one attached hydrogen (secondary N) is 2. The van der Waals surface area contributed by atoms with Crippen LogP contribution in [0.2, 0.25) is 0 Å². The number of aryl methyl sites for hydroxylation is 1. The number of aromatic nitrogens is 2. The predicted molar refractivity (Wildman–Crippen MR) is 84.4 cm³/mol. The van der Waals surface area contributed by atoms with E-state index in [4.69, 9.17) is 0 Å². The van der Waals surface area contributed by atoms with E-state index in [0.717, 1.165) is 48.3 Å². The van der Waals surface area contributed by atoms with E-state index in [1.165, 1.54) is 19.5 Å². The van der Waals surface area contributed by atoms with Crippen LogP contribution in [-0.2, 0) is 6.42 Å². The minimum atomic E-state index is 0.724. The van der Waals surface area contributed by atoms with Gasteiger partial charge in [0.15, 0.2) is 0 Å². The first-order valence-corrected chi connectivity index (χ1v) is 7.61. The Morgan fingerprint density at radius 2 is 2.05 bits per heavy atom. The molecule has 0 aromatic carbocycles. The summed E-state index contributed by atoms with van der Waals surface area (Å²) in [4.78, 5) is 11.6. The summed E-state index contributed by atoms with van der Waals surface area (Å²) in [7, 11) is 4.11. The van der Waals surface area contributed by atoms with Crippen molar-refractivity contribution in [1.82, 2.24) is 14.9 Å². The minimum Gasteiger partial charge on any atom is -0.373 e. The molecule has 1 fully saturated rings. The van der Waals surface area contributed by atoms with Crippen LogP contribution in [-0.4, -0.2) is 48.6 Å². The summed E-state index contributed by atoms with van der Waals surface area (Å²) < 4.78 is 0. The van der Waals surface area contributed by atoms with Crippen molar-refractivity contribution in [3.8, 4) is 0 Å². The smallest absolute Gasteiger partial charge is 0.134 e. The van der Waals surface area contributed by atoms with Crippen molar-refractivity contribution in [3.05, 3.63) is 11.4 Å². The fraction of sp³-hybridized carbons (Fsp3) is 0.733. The lowest BCUT2D eigenvalue weighted by Crippen LogP contribution is -2.20. The van der Waals surface area contributed by atoms with Crippen LogP contribution in [0.25, 0.3) is 0 Å². The zero-order chi connectivity index (χ0) is 14.5. The molecule has 20 heavy (non-hydrogen) atoms. The Morgan fingerprint density at radius 1 is 1.30 bits per heavy atom. The monoisotopic (exact) mass is 277 g/mol. The van der Waals surface area contributed by atoms with E-state index in [1.54, 1.807) is 0 Å². The lowest BCUT2D eigenvalue weighted by Gasteiger charge is -2.16. The van der Waals surface area contributed by atoms with Gasteiger partial charge in [0.05, 0.1) is 0 Å². The average molecular weight is 277 g/mol. The Bertz CT molecular complexity index is 446. The molecule has 2 heterocycles. The molecule has 0 radical (unpaired) electrons. The van der Waals surface area contributed by atoms with Crippen molar-refractivity contribution in [2.45, 2.75) is 33.1 Å². The van der Waals surface area contributed by atoms with Gasteiger partial charge >= 0.3 is 0 Å². The molecule has 0 spiro atoms. The van der Waals surface area contributed by atoms with Gasteiger partial charge in [-0.3, -0.25) is 0 Å². The van der Waals surface area contributed by atoms with Crippen molar-refractivity contribution in [2.24, 2.45) is 5.92 Å². The highest BCUT2D eigenvalue weighted by molar-refractivity contribution is 5.57. The summed E-state index contributed by atoms with van der Waals surface area (Å²) in [5.41, 5.74) is 1.11. The Labute approximate surface area is 122 Å². The summed E-state index contributed by atoms with van der Waals surface area (Å²) in [6.45, 7) is 7.61. The largest absolute Gasteiger partial charge is 0.373 e. The van der Waals surface area contributed by atoms with Gasteiger partial charge < -0.3 is 15.5 Å². The summed E-state index contributed by atoms with van der Waals surface area (Å²) in [6, 6.07) is 0. The van der Waals surface area contributed by atoms with Crippen LogP contribution < -0.4 is 10.6 Å². The number of rotatable bonds is 6. The number of anilines is 2. The van der Waals surface area contributed by atoms with Gasteiger partial charge in [0, 0.05) is 32.1 Å². The second-order valence-corrected chi connectivity index (χ2v) is 5.76. The maximum absolute atomic E-state index is 4.67. The highest BCUT2D eigenvalue weighted by Crippen LogP contribution is 2.22. The zero-order valence-electron chi connectivity index (χ0n) is 13.2. The normalized spacial score (nSPS) is 19.3. The standard InChI is InChI=1S/C15H27N5/c1-5-6-13-18-14(16-3)11(2)15(19-13)17-9-12-7-8-20(4)10-12/h12H,5-10H2,1-4H3,(H2,16,17,18,19). The Balaban J connectivity index is 2.07. The molecule has 2 N–H and O–H groups in total. The average Bonchev–Trinajstić information content (AvgIpc) is 2.85. The van der Waals surface area contributed by atoms with Crippen molar-refractivity contribution < 1.29 is 0 Å².